The molecule has 0 spiro atoms. The number of alkyl halides is 2. The molecule has 0 unspecified atom stereocenters. The highest BCUT2D eigenvalue weighted by Gasteiger charge is 2.27. The van der Waals surface area contributed by atoms with E-state index in [9.17, 15) is 8.78 Å². The van der Waals surface area contributed by atoms with Crippen LogP contribution >= 0.6 is 0 Å². The van der Waals surface area contributed by atoms with Crippen molar-refractivity contribution in [2.75, 3.05) is 30.4 Å². The number of anilines is 2. The normalized spacial score (nSPS) is 11.7. The molecular weight excluding hydrogens is 344 g/mol. The van der Waals surface area contributed by atoms with Crippen LogP contribution in [0.2, 0.25) is 0 Å². The minimum Gasteiger partial charge on any atom is -0.375 e. The number of halogens is 2. The summed E-state index contributed by atoms with van der Waals surface area (Å²) in [6.07, 6.45) is 3.97. The van der Waals surface area contributed by atoms with E-state index in [0.717, 1.165) is 58.7 Å². The Balaban J connectivity index is 1.97. The number of hydrogen-bond acceptors (Lipinski definition) is 3. The summed E-state index contributed by atoms with van der Waals surface area (Å²) in [4.78, 5) is 7.85. The van der Waals surface area contributed by atoms with Crippen molar-refractivity contribution in [2.24, 2.45) is 0 Å². The maximum Gasteiger partial charge on any atom is 0.322 e. The molecule has 1 aromatic heterocycles. The first-order chi connectivity index (χ1) is 12.8. The largest absolute Gasteiger partial charge is 0.375 e. The number of allylic oxidation sites excluding steroid dienone is 1. The van der Waals surface area contributed by atoms with Gasteiger partial charge in [-0.2, -0.15) is 8.78 Å². The second-order valence-corrected chi connectivity index (χ2v) is 7.00. The van der Waals surface area contributed by atoms with Crippen molar-refractivity contribution >= 4 is 33.2 Å². The molecule has 0 saturated heterocycles. The first kappa shape index (κ1) is 19.1. The lowest BCUT2D eigenvalue weighted by molar-refractivity contribution is 0.0236. The molecule has 3 aromatic rings. The van der Waals surface area contributed by atoms with Crippen LogP contribution < -0.4 is 9.80 Å². The van der Waals surface area contributed by atoms with E-state index in [1.165, 1.54) is 7.05 Å². The molecule has 0 saturated carbocycles. The Morgan fingerprint density at radius 2 is 1.59 bits per heavy atom. The molecule has 5 heteroatoms. The number of fused-ring (bicyclic) bond motifs is 2. The lowest BCUT2D eigenvalue weighted by Crippen LogP contribution is -2.35. The van der Waals surface area contributed by atoms with E-state index in [1.54, 1.807) is 18.2 Å². The first-order valence-electron chi connectivity index (χ1n) is 9.08. The molecule has 0 aliphatic heterocycles. The maximum atomic E-state index is 13.6. The minimum absolute atomic E-state index is 0.467. The van der Waals surface area contributed by atoms with Crippen molar-refractivity contribution in [1.29, 1.82) is 0 Å². The van der Waals surface area contributed by atoms with Crippen LogP contribution in [0.4, 0.5) is 20.2 Å². The van der Waals surface area contributed by atoms with Crippen LogP contribution in [0.3, 0.4) is 0 Å². The third-order valence-electron chi connectivity index (χ3n) is 4.89. The van der Waals surface area contributed by atoms with Crippen LogP contribution in [0.25, 0.3) is 21.8 Å². The van der Waals surface area contributed by atoms with Gasteiger partial charge in [-0.15, -0.1) is 6.58 Å². The van der Waals surface area contributed by atoms with Crippen molar-refractivity contribution in [3.63, 3.8) is 0 Å². The quantitative estimate of drug-likeness (QED) is 0.226. The number of hydrogen-bond donors (Lipinski definition) is 0. The summed E-state index contributed by atoms with van der Waals surface area (Å²) in [5.74, 6) is 0. The Kier molecular flexibility index (Phi) is 5.31. The highest BCUT2D eigenvalue weighted by Crippen LogP contribution is 2.30. The molecule has 0 aliphatic rings. The minimum atomic E-state index is -2.92. The zero-order valence-electron chi connectivity index (χ0n) is 16.0. The van der Waals surface area contributed by atoms with E-state index in [0.29, 0.717) is 5.69 Å². The molecule has 3 nitrogen and oxygen atoms in total. The fraction of sp³-hybridized carbons (Fsp3) is 0.318. The van der Waals surface area contributed by atoms with Gasteiger partial charge in [0, 0.05) is 49.7 Å². The Bertz CT molecular complexity index is 963. The SMILES string of the molecule is C=CCCCN(C)c1ccc2nc3ccc(N(C)C(C)(F)F)cc3cc2c1. The summed E-state index contributed by atoms with van der Waals surface area (Å²) in [5.41, 5.74) is 3.27. The zero-order valence-corrected chi connectivity index (χ0v) is 16.0. The summed E-state index contributed by atoms with van der Waals surface area (Å²) in [6, 6.07) is 10.5. The predicted molar refractivity (Wildman–Crippen MR) is 111 cm³/mol. The molecule has 0 aliphatic carbocycles. The van der Waals surface area contributed by atoms with Crippen molar-refractivity contribution in [3.8, 4) is 0 Å². The van der Waals surface area contributed by atoms with E-state index >= 15 is 0 Å². The molecule has 0 amide bonds. The number of rotatable bonds is 7. The molecule has 1 heterocycles. The average molecular weight is 369 g/mol. The Labute approximate surface area is 158 Å². The molecule has 0 fully saturated rings. The molecule has 0 radical (unpaired) electrons. The van der Waals surface area contributed by atoms with Crippen molar-refractivity contribution in [1.82, 2.24) is 4.98 Å². The number of nitrogens with zero attached hydrogens (tertiary/aromatic N) is 3. The van der Waals surface area contributed by atoms with Gasteiger partial charge >= 0.3 is 6.05 Å². The number of unbranched alkanes of at least 4 members (excludes halogenated alkanes) is 1. The number of benzene rings is 2. The van der Waals surface area contributed by atoms with Crippen LogP contribution in [0.15, 0.2) is 55.1 Å². The van der Waals surface area contributed by atoms with Crippen molar-refractivity contribution in [2.45, 2.75) is 25.8 Å². The third kappa shape index (κ3) is 4.18. The molecule has 3 rings (SSSR count). The second-order valence-electron chi connectivity index (χ2n) is 7.00. The average Bonchev–Trinajstić information content (AvgIpc) is 2.64. The Morgan fingerprint density at radius 1 is 1.00 bits per heavy atom. The second kappa shape index (κ2) is 7.51. The van der Waals surface area contributed by atoms with Gasteiger partial charge in [-0.3, -0.25) is 0 Å². The highest BCUT2D eigenvalue weighted by molar-refractivity contribution is 5.95. The van der Waals surface area contributed by atoms with Crippen LogP contribution in [-0.4, -0.2) is 31.7 Å². The number of pyridine rings is 1. The lowest BCUT2D eigenvalue weighted by Gasteiger charge is -2.26. The molecule has 2 aromatic carbocycles. The molecular formula is C22H25F2N3. The molecule has 0 bridgehead atoms. The summed E-state index contributed by atoms with van der Waals surface area (Å²) >= 11 is 0. The smallest absolute Gasteiger partial charge is 0.322 e. The van der Waals surface area contributed by atoms with E-state index in [4.69, 9.17) is 0 Å². The Morgan fingerprint density at radius 3 is 2.19 bits per heavy atom. The van der Waals surface area contributed by atoms with Gasteiger partial charge in [-0.25, -0.2) is 4.98 Å². The van der Waals surface area contributed by atoms with Gasteiger partial charge in [0.05, 0.1) is 11.0 Å². The molecule has 27 heavy (non-hydrogen) atoms. The van der Waals surface area contributed by atoms with Gasteiger partial charge in [0.15, 0.2) is 0 Å². The fourth-order valence-corrected chi connectivity index (χ4v) is 3.09. The van der Waals surface area contributed by atoms with Gasteiger partial charge in [0.1, 0.15) is 0 Å². The van der Waals surface area contributed by atoms with Gasteiger partial charge in [-0.05, 0) is 55.3 Å². The molecule has 0 atom stereocenters. The van der Waals surface area contributed by atoms with E-state index in [-0.39, 0.29) is 0 Å². The standard InChI is InChI=1S/C22H25F2N3/c1-5-6-7-12-26(3)18-8-10-20-16(14-18)13-17-15-19(9-11-21(17)25-20)27(4)22(2,23)24/h5,8-11,13-15H,1,6-7,12H2,2-4H3. The third-order valence-corrected chi connectivity index (χ3v) is 4.89. The van der Waals surface area contributed by atoms with Gasteiger partial charge < -0.3 is 9.80 Å². The van der Waals surface area contributed by atoms with Crippen molar-refractivity contribution in [3.05, 3.63) is 55.1 Å². The van der Waals surface area contributed by atoms with Crippen LogP contribution in [-0.2, 0) is 0 Å². The van der Waals surface area contributed by atoms with E-state index in [1.807, 2.05) is 18.2 Å². The lowest BCUT2D eigenvalue weighted by atomic mass is 10.1. The Hall–Kier alpha value is -2.69. The van der Waals surface area contributed by atoms with Crippen LogP contribution in [0, 0.1) is 0 Å². The fourth-order valence-electron chi connectivity index (χ4n) is 3.09. The maximum absolute atomic E-state index is 13.6. The van der Waals surface area contributed by atoms with Crippen LogP contribution in [0.1, 0.15) is 19.8 Å². The van der Waals surface area contributed by atoms with E-state index in [2.05, 4.69) is 35.6 Å². The van der Waals surface area contributed by atoms with E-state index < -0.39 is 6.05 Å². The summed E-state index contributed by atoms with van der Waals surface area (Å²) in [6.45, 7) is 5.59. The molecule has 0 N–H and O–H groups in total. The highest BCUT2D eigenvalue weighted by atomic mass is 19.3. The zero-order chi connectivity index (χ0) is 19.6. The summed E-state index contributed by atoms with van der Waals surface area (Å²) in [7, 11) is 3.46. The summed E-state index contributed by atoms with van der Waals surface area (Å²) < 4.78 is 27.2. The summed E-state index contributed by atoms with van der Waals surface area (Å²) in [5, 5.41) is 1.85. The first-order valence-corrected chi connectivity index (χ1v) is 9.08. The number of aromatic nitrogens is 1. The van der Waals surface area contributed by atoms with Gasteiger partial charge in [-0.1, -0.05) is 6.08 Å². The topological polar surface area (TPSA) is 19.4 Å². The molecule has 142 valence electrons. The van der Waals surface area contributed by atoms with Gasteiger partial charge in [0.2, 0.25) is 0 Å². The van der Waals surface area contributed by atoms with Crippen LogP contribution in [0.5, 0.6) is 0 Å². The predicted octanol–water partition coefficient (Wildman–Crippen LogP) is 5.84. The monoisotopic (exact) mass is 369 g/mol. The van der Waals surface area contributed by atoms with Crippen molar-refractivity contribution < 1.29 is 8.78 Å². The van der Waals surface area contributed by atoms with Gasteiger partial charge in [0.25, 0.3) is 0 Å².